The minimum absolute atomic E-state index is 0.0261. The molecule has 0 aliphatic carbocycles. The van der Waals surface area contributed by atoms with Crippen LogP contribution in [-0.2, 0) is 0 Å². The number of fused-ring (bicyclic) bond motifs is 1. The molecule has 0 spiro atoms. The number of ether oxygens (including phenoxy) is 1. The molecule has 1 fully saturated rings. The highest BCUT2D eigenvalue weighted by Gasteiger charge is 2.25. The first kappa shape index (κ1) is 21.4. The molecule has 1 atom stereocenters. The number of carbonyl (C=O) groups excluding carboxylic acids is 1. The Morgan fingerprint density at radius 1 is 1.19 bits per heavy atom. The molecular weight excluding hydrogens is 410 g/mol. The topological polar surface area (TPSA) is 70.6 Å². The molecule has 0 saturated carbocycles. The number of benzene rings is 1. The number of rotatable bonds is 6. The summed E-state index contributed by atoms with van der Waals surface area (Å²) in [6, 6.07) is 8.27. The zero-order valence-corrected chi connectivity index (χ0v) is 19.3. The number of para-hydroxylation sites is 2. The van der Waals surface area contributed by atoms with Gasteiger partial charge in [-0.15, -0.1) is 11.3 Å². The number of methoxy groups -OCH3 is 1. The first-order chi connectivity index (χ1) is 15.0. The van der Waals surface area contributed by atoms with Gasteiger partial charge < -0.3 is 19.9 Å². The van der Waals surface area contributed by atoms with E-state index in [1.54, 1.807) is 13.4 Å². The van der Waals surface area contributed by atoms with Crippen LogP contribution in [0, 0.1) is 6.92 Å². The fourth-order valence-corrected chi connectivity index (χ4v) is 5.00. The first-order valence-electron chi connectivity index (χ1n) is 10.7. The predicted octanol–water partition coefficient (Wildman–Crippen LogP) is 3.86. The average molecular weight is 440 g/mol. The molecule has 0 radical (unpaired) electrons. The second-order valence-electron chi connectivity index (χ2n) is 7.86. The zero-order valence-electron chi connectivity index (χ0n) is 18.5. The number of nitrogens with one attached hydrogen (secondary N) is 1. The number of carbonyl (C=O) groups is 1. The second-order valence-corrected chi connectivity index (χ2v) is 8.86. The van der Waals surface area contributed by atoms with Gasteiger partial charge in [-0.2, -0.15) is 0 Å². The molecule has 0 unspecified atom stereocenters. The Hall–Kier alpha value is -2.87. The molecule has 3 heterocycles. The van der Waals surface area contributed by atoms with E-state index in [0.717, 1.165) is 70.5 Å². The van der Waals surface area contributed by atoms with Gasteiger partial charge in [-0.1, -0.05) is 19.1 Å². The number of piperazine rings is 1. The molecule has 1 saturated heterocycles. The summed E-state index contributed by atoms with van der Waals surface area (Å²) in [7, 11) is 1.71. The van der Waals surface area contributed by atoms with Crippen LogP contribution in [0.4, 0.5) is 11.5 Å². The van der Waals surface area contributed by atoms with E-state index in [-0.39, 0.29) is 11.9 Å². The third-order valence-electron chi connectivity index (χ3n) is 5.91. The van der Waals surface area contributed by atoms with Crippen molar-refractivity contribution < 1.29 is 9.53 Å². The summed E-state index contributed by atoms with van der Waals surface area (Å²) in [5, 5.41) is 4.07. The molecular formula is C23H29N5O2S. The van der Waals surface area contributed by atoms with E-state index < -0.39 is 0 Å². The summed E-state index contributed by atoms with van der Waals surface area (Å²) < 4.78 is 5.53. The van der Waals surface area contributed by atoms with E-state index in [1.807, 2.05) is 32.0 Å². The third-order valence-corrected chi connectivity index (χ3v) is 7.11. The lowest BCUT2D eigenvalue weighted by Gasteiger charge is -2.37. The normalized spacial score (nSPS) is 15.2. The Morgan fingerprint density at radius 3 is 2.61 bits per heavy atom. The van der Waals surface area contributed by atoms with E-state index in [1.165, 1.54) is 11.3 Å². The van der Waals surface area contributed by atoms with Crippen molar-refractivity contribution in [3.05, 3.63) is 41.0 Å². The fourth-order valence-electron chi connectivity index (χ4n) is 3.95. The van der Waals surface area contributed by atoms with E-state index in [0.29, 0.717) is 0 Å². The number of hydrogen-bond donors (Lipinski definition) is 1. The zero-order chi connectivity index (χ0) is 22.0. The number of hydrogen-bond acceptors (Lipinski definition) is 7. The first-order valence-corrected chi connectivity index (χ1v) is 11.5. The lowest BCUT2D eigenvalue weighted by Crippen LogP contribution is -2.47. The van der Waals surface area contributed by atoms with E-state index in [9.17, 15) is 4.79 Å². The van der Waals surface area contributed by atoms with Crippen molar-refractivity contribution in [3.63, 3.8) is 0 Å². The van der Waals surface area contributed by atoms with Crippen LogP contribution >= 0.6 is 11.3 Å². The summed E-state index contributed by atoms with van der Waals surface area (Å²) >= 11 is 1.45. The minimum atomic E-state index is -0.0261. The average Bonchev–Trinajstić information content (AvgIpc) is 3.16. The number of aryl methyl sites for hydroxylation is 1. The fraction of sp³-hybridized carbons (Fsp3) is 0.435. The largest absolute Gasteiger partial charge is 0.495 e. The number of anilines is 2. The third kappa shape index (κ3) is 4.17. The highest BCUT2D eigenvalue weighted by molar-refractivity contribution is 7.20. The summed E-state index contributed by atoms with van der Waals surface area (Å²) in [6.07, 6.45) is 2.51. The second kappa shape index (κ2) is 9.09. The highest BCUT2D eigenvalue weighted by atomic mass is 32.1. The van der Waals surface area contributed by atoms with Crippen LogP contribution in [-0.4, -0.2) is 55.2 Å². The molecule has 1 aromatic carbocycles. The van der Waals surface area contributed by atoms with Gasteiger partial charge in [-0.3, -0.25) is 4.79 Å². The Labute approximate surface area is 187 Å². The van der Waals surface area contributed by atoms with Gasteiger partial charge in [-0.05, 0) is 38.0 Å². The summed E-state index contributed by atoms with van der Waals surface area (Å²) in [6.45, 7) is 9.51. The van der Waals surface area contributed by atoms with Gasteiger partial charge >= 0.3 is 0 Å². The van der Waals surface area contributed by atoms with Gasteiger partial charge in [-0.25, -0.2) is 9.97 Å². The number of thiophene rings is 1. The molecule has 1 N–H and O–H groups in total. The van der Waals surface area contributed by atoms with Crippen molar-refractivity contribution in [2.24, 2.45) is 0 Å². The van der Waals surface area contributed by atoms with Crippen molar-refractivity contribution in [2.75, 3.05) is 43.1 Å². The monoisotopic (exact) mass is 439 g/mol. The van der Waals surface area contributed by atoms with Crippen LogP contribution in [0.2, 0.25) is 0 Å². The lowest BCUT2D eigenvalue weighted by molar-refractivity contribution is 0.0943. The van der Waals surface area contributed by atoms with Crippen LogP contribution in [0.1, 0.15) is 35.5 Å². The predicted molar refractivity (Wildman–Crippen MR) is 127 cm³/mol. The highest BCUT2D eigenvalue weighted by Crippen LogP contribution is 2.36. The molecule has 4 rings (SSSR count). The van der Waals surface area contributed by atoms with Crippen LogP contribution in [0.3, 0.4) is 0 Å². The molecule has 3 aromatic rings. The van der Waals surface area contributed by atoms with E-state index >= 15 is 0 Å². The standard InChI is InChI=1S/C23H29N5O2S/c1-5-15(2)26-22(29)20-16(3)19-21(24-14-25-23(19)31-20)28-12-10-27(11-13-28)17-8-6-7-9-18(17)30-4/h6-9,14-15H,5,10-13H2,1-4H3,(H,26,29)/t15-/m0/s1. The molecule has 164 valence electrons. The quantitative estimate of drug-likeness (QED) is 0.629. The maximum Gasteiger partial charge on any atom is 0.261 e. The van der Waals surface area contributed by atoms with Crippen LogP contribution in [0.15, 0.2) is 30.6 Å². The lowest BCUT2D eigenvalue weighted by atomic mass is 10.1. The molecule has 1 amide bonds. The van der Waals surface area contributed by atoms with Crippen LogP contribution in [0.5, 0.6) is 5.75 Å². The van der Waals surface area contributed by atoms with Gasteiger partial charge in [0.25, 0.3) is 5.91 Å². The van der Waals surface area contributed by atoms with Crippen molar-refractivity contribution in [3.8, 4) is 5.75 Å². The van der Waals surface area contributed by atoms with Crippen LogP contribution in [0.25, 0.3) is 10.2 Å². The summed E-state index contributed by atoms with van der Waals surface area (Å²) in [5.41, 5.74) is 2.08. The van der Waals surface area contributed by atoms with Gasteiger partial charge in [0.2, 0.25) is 0 Å². The molecule has 1 aliphatic heterocycles. The summed E-state index contributed by atoms with van der Waals surface area (Å²) in [5.74, 6) is 1.79. The maximum absolute atomic E-state index is 12.8. The molecule has 1 aliphatic rings. The minimum Gasteiger partial charge on any atom is -0.495 e. The van der Waals surface area contributed by atoms with Gasteiger partial charge in [0.1, 0.15) is 22.7 Å². The Morgan fingerprint density at radius 2 is 1.90 bits per heavy atom. The van der Waals surface area contributed by atoms with E-state index in [4.69, 9.17) is 4.74 Å². The summed E-state index contributed by atoms with van der Waals surface area (Å²) in [4.78, 5) is 28.1. The number of nitrogens with zero attached hydrogens (tertiary/aromatic N) is 4. The molecule has 8 heteroatoms. The number of aromatic nitrogens is 2. The Balaban J connectivity index is 1.57. The van der Waals surface area contributed by atoms with Crippen LogP contribution < -0.4 is 19.9 Å². The Bertz CT molecular complexity index is 1080. The smallest absolute Gasteiger partial charge is 0.261 e. The van der Waals surface area contributed by atoms with Crippen molar-refractivity contribution >= 4 is 39.0 Å². The molecule has 7 nitrogen and oxygen atoms in total. The van der Waals surface area contributed by atoms with Gasteiger partial charge in [0, 0.05) is 32.2 Å². The van der Waals surface area contributed by atoms with Gasteiger partial charge in [0.05, 0.1) is 23.1 Å². The maximum atomic E-state index is 12.8. The molecule has 31 heavy (non-hydrogen) atoms. The van der Waals surface area contributed by atoms with Crippen molar-refractivity contribution in [2.45, 2.75) is 33.2 Å². The van der Waals surface area contributed by atoms with E-state index in [2.05, 4.69) is 38.1 Å². The number of amides is 1. The SMILES string of the molecule is CC[C@H](C)NC(=O)c1sc2ncnc(N3CCN(c4ccccc4OC)CC3)c2c1C. The molecule has 2 aromatic heterocycles. The van der Waals surface area contributed by atoms with Crippen molar-refractivity contribution in [1.82, 2.24) is 15.3 Å². The van der Waals surface area contributed by atoms with Crippen molar-refractivity contribution in [1.29, 1.82) is 0 Å². The van der Waals surface area contributed by atoms with Gasteiger partial charge in [0.15, 0.2) is 0 Å². The Kier molecular flexibility index (Phi) is 6.27. The molecule has 0 bridgehead atoms.